The first-order valence-electron chi connectivity index (χ1n) is 7.40. The van der Waals surface area contributed by atoms with Crippen molar-refractivity contribution in [2.75, 3.05) is 5.32 Å². The summed E-state index contributed by atoms with van der Waals surface area (Å²) in [7, 11) is 1.89. The van der Waals surface area contributed by atoms with E-state index in [0.29, 0.717) is 10.7 Å². The van der Waals surface area contributed by atoms with Crippen LogP contribution in [0.4, 0.5) is 5.69 Å². The van der Waals surface area contributed by atoms with E-state index in [0.717, 1.165) is 22.2 Å². The Morgan fingerprint density at radius 3 is 2.67 bits per heavy atom. The Labute approximate surface area is 145 Å². The topological polar surface area (TPSA) is 46.9 Å². The van der Waals surface area contributed by atoms with Gasteiger partial charge in [-0.15, -0.1) is 0 Å². The highest BCUT2D eigenvalue weighted by Crippen LogP contribution is 2.24. The molecule has 1 N–H and O–H groups in total. The van der Waals surface area contributed by atoms with Gasteiger partial charge < -0.3 is 5.32 Å². The first kappa shape index (κ1) is 16.0. The summed E-state index contributed by atoms with van der Waals surface area (Å²) in [6.07, 6.45) is 5.17. The van der Waals surface area contributed by atoms with Crippen molar-refractivity contribution in [1.82, 2.24) is 9.78 Å². The second kappa shape index (κ2) is 6.72. The third-order valence-corrected chi connectivity index (χ3v) is 3.89. The zero-order valence-corrected chi connectivity index (χ0v) is 13.9. The minimum Gasteiger partial charge on any atom is -0.323 e. The Hall–Kier alpha value is -2.85. The van der Waals surface area contributed by atoms with E-state index in [4.69, 9.17) is 11.6 Å². The molecule has 0 aliphatic heterocycles. The second-order valence-electron chi connectivity index (χ2n) is 5.32. The van der Waals surface area contributed by atoms with Gasteiger partial charge >= 0.3 is 0 Å². The van der Waals surface area contributed by atoms with Gasteiger partial charge in [0.1, 0.15) is 0 Å². The molecule has 0 radical (unpaired) electrons. The largest absolute Gasteiger partial charge is 0.323 e. The van der Waals surface area contributed by atoms with Crippen LogP contribution in [0.15, 0.2) is 55.1 Å². The summed E-state index contributed by atoms with van der Waals surface area (Å²) in [5.41, 5.74) is 3.57. The van der Waals surface area contributed by atoms with Gasteiger partial charge in [-0.2, -0.15) is 5.10 Å². The van der Waals surface area contributed by atoms with Crippen molar-refractivity contribution in [1.29, 1.82) is 0 Å². The molecule has 1 amide bonds. The summed E-state index contributed by atoms with van der Waals surface area (Å²) >= 11 is 5.90. The maximum Gasteiger partial charge on any atom is 0.247 e. The Morgan fingerprint density at radius 2 is 1.96 bits per heavy atom. The summed E-state index contributed by atoms with van der Waals surface area (Å²) in [5.74, 6) is -0.239. The molecule has 0 fully saturated rings. The third kappa shape index (κ3) is 3.39. The molecular formula is C19H16ClN3O. The molecule has 120 valence electrons. The van der Waals surface area contributed by atoms with Crippen LogP contribution in [0, 0.1) is 0 Å². The number of halogens is 1. The van der Waals surface area contributed by atoms with E-state index in [1.54, 1.807) is 0 Å². The number of fused-ring (bicyclic) bond motifs is 1. The number of aryl methyl sites for hydroxylation is 1. The number of aromatic nitrogens is 2. The van der Waals surface area contributed by atoms with Crippen molar-refractivity contribution < 1.29 is 4.79 Å². The van der Waals surface area contributed by atoms with Crippen molar-refractivity contribution in [2.24, 2.45) is 7.05 Å². The second-order valence-corrected chi connectivity index (χ2v) is 5.76. The maximum atomic E-state index is 11.5. The highest BCUT2D eigenvalue weighted by atomic mass is 35.5. The van der Waals surface area contributed by atoms with Crippen LogP contribution >= 0.6 is 11.6 Å². The Balaban J connectivity index is 1.97. The lowest BCUT2D eigenvalue weighted by Crippen LogP contribution is -2.06. The van der Waals surface area contributed by atoms with Gasteiger partial charge in [-0.05, 0) is 48.0 Å². The number of benzene rings is 2. The minimum absolute atomic E-state index is 0.239. The summed E-state index contributed by atoms with van der Waals surface area (Å²) < 4.78 is 1.82. The lowest BCUT2D eigenvalue weighted by Gasteiger charge is -2.02. The van der Waals surface area contributed by atoms with Gasteiger partial charge in [0.2, 0.25) is 5.91 Å². The van der Waals surface area contributed by atoms with E-state index >= 15 is 0 Å². The van der Waals surface area contributed by atoms with Crippen LogP contribution in [-0.2, 0) is 11.8 Å². The van der Waals surface area contributed by atoms with Gasteiger partial charge in [0.25, 0.3) is 0 Å². The molecule has 0 aliphatic carbocycles. The van der Waals surface area contributed by atoms with E-state index in [-0.39, 0.29) is 5.91 Å². The van der Waals surface area contributed by atoms with Crippen LogP contribution in [-0.4, -0.2) is 15.7 Å². The Morgan fingerprint density at radius 1 is 1.21 bits per heavy atom. The van der Waals surface area contributed by atoms with Crippen LogP contribution in [0.25, 0.3) is 23.1 Å². The van der Waals surface area contributed by atoms with Crippen LogP contribution in [0.3, 0.4) is 0 Å². The molecule has 2 aromatic carbocycles. The fraction of sp³-hybridized carbons (Fsp3) is 0.0526. The summed E-state index contributed by atoms with van der Waals surface area (Å²) in [6, 6.07) is 13.3. The van der Waals surface area contributed by atoms with Crippen LogP contribution < -0.4 is 5.32 Å². The monoisotopic (exact) mass is 337 g/mol. The quantitative estimate of drug-likeness (QED) is 0.711. The smallest absolute Gasteiger partial charge is 0.247 e. The summed E-state index contributed by atoms with van der Waals surface area (Å²) in [5, 5.41) is 8.97. The molecule has 1 aromatic heterocycles. The van der Waals surface area contributed by atoms with Gasteiger partial charge in [0.15, 0.2) is 0 Å². The highest BCUT2D eigenvalue weighted by molar-refractivity contribution is 6.30. The summed E-state index contributed by atoms with van der Waals surface area (Å²) in [4.78, 5) is 11.5. The van der Waals surface area contributed by atoms with E-state index in [2.05, 4.69) is 17.0 Å². The number of rotatable bonds is 4. The predicted octanol–water partition coefficient (Wildman–Crippen LogP) is 4.52. The van der Waals surface area contributed by atoms with Crippen molar-refractivity contribution in [3.63, 3.8) is 0 Å². The van der Waals surface area contributed by atoms with Crippen molar-refractivity contribution in [2.45, 2.75) is 0 Å². The number of hydrogen-bond acceptors (Lipinski definition) is 2. The number of carbonyl (C=O) groups is 1. The SMILES string of the molecule is C=CC(=O)Nc1ccc2c(c1)c(/C=C/c1ccc(Cl)cc1)nn2C. The van der Waals surface area contributed by atoms with E-state index in [1.165, 1.54) is 6.08 Å². The molecule has 0 bridgehead atoms. The molecule has 5 heteroatoms. The lowest BCUT2D eigenvalue weighted by molar-refractivity contribution is -0.111. The Bertz CT molecular complexity index is 939. The zero-order valence-electron chi connectivity index (χ0n) is 13.2. The van der Waals surface area contributed by atoms with E-state index in [9.17, 15) is 4.79 Å². The molecule has 0 unspecified atom stereocenters. The third-order valence-electron chi connectivity index (χ3n) is 3.64. The molecule has 4 nitrogen and oxygen atoms in total. The average Bonchev–Trinajstić information content (AvgIpc) is 2.90. The zero-order chi connectivity index (χ0) is 17.1. The molecule has 0 aliphatic rings. The molecule has 0 spiro atoms. The molecule has 3 rings (SSSR count). The molecular weight excluding hydrogens is 322 g/mol. The lowest BCUT2D eigenvalue weighted by atomic mass is 10.1. The summed E-state index contributed by atoms with van der Waals surface area (Å²) in [6.45, 7) is 3.46. The van der Waals surface area contributed by atoms with Crippen molar-refractivity contribution >= 4 is 46.3 Å². The van der Waals surface area contributed by atoms with Gasteiger partial charge in [0, 0.05) is 23.1 Å². The first-order valence-corrected chi connectivity index (χ1v) is 7.78. The molecule has 1 heterocycles. The average molecular weight is 338 g/mol. The Kier molecular flexibility index (Phi) is 4.49. The number of anilines is 1. The number of amides is 1. The fourth-order valence-electron chi connectivity index (χ4n) is 2.44. The van der Waals surface area contributed by atoms with E-state index in [1.807, 2.05) is 66.3 Å². The highest BCUT2D eigenvalue weighted by Gasteiger charge is 2.08. The van der Waals surface area contributed by atoms with E-state index < -0.39 is 0 Å². The minimum atomic E-state index is -0.239. The van der Waals surface area contributed by atoms with Crippen LogP contribution in [0.5, 0.6) is 0 Å². The van der Waals surface area contributed by atoms with Gasteiger partial charge in [0.05, 0.1) is 11.2 Å². The maximum absolute atomic E-state index is 11.5. The molecule has 24 heavy (non-hydrogen) atoms. The number of nitrogens with one attached hydrogen (secondary N) is 1. The van der Waals surface area contributed by atoms with Gasteiger partial charge in [-0.3, -0.25) is 9.48 Å². The van der Waals surface area contributed by atoms with Crippen LogP contribution in [0.1, 0.15) is 11.3 Å². The van der Waals surface area contributed by atoms with Crippen molar-refractivity contribution in [3.8, 4) is 0 Å². The fourth-order valence-corrected chi connectivity index (χ4v) is 2.56. The van der Waals surface area contributed by atoms with Gasteiger partial charge in [-0.1, -0.05) is 36.4 Å². The molecule has 0 saturated heterocycles. The standard InChI is InChI=1S/C19H16ClN3O/c1-3-19(24)21-15-9-11-18-16(12-15)17(22-23(18)2)10-6-13-4-7-14(20)8-5-13/h3-12H,1H2,2H3,(H,21,24)/b10-6+. The van der Waals surface area contributed by atoms with Crippen LogP contribution in [0.2, 0.25) is 5.02 Å². The number of hydrogen-bond donors (Lipinski definition) is 1. The first-order chi connectivity index (χ1) is 11.6. The van der Waals surface area contributed by atoms with Crippen molar-refractivity contribution in [3.05, 3.63) is 71.4 Å². The number of nitrogens with zero attached hydrogens (tertiary/aromatic N) is 2. The number of carbonyl (C=O) groups excluding carboxylic acids is 1. The molecule has 0 atom stereocenters. The predicted molar refractivity (Wildman–Crippen MR) is 99.9 cm³/mol. The normalized spacial score (nSPS) is 11.1. The molecule has 3 aromatic rings. The van der Waals surface area contributed by atoms with Gasteiger partial charge in [-0.25, -0.2) is 0 Å². The molecule has 0 saturated carbocycles.